The normalized spacial score (nSPS) is 14.0. The average Bonchev–Trinajstić information content (AvgIpc) is 3.53. The summed E-state index contributed by atoms with van der Waals surface area (Å²) in [5.41, 5.74) is 2.46. The van der Waals surface area contributed by atoms with Crippen molar-refractivity contribution in [3.05, 3.63) is 82.0 Å². The molecule has 0 saturated carbocycles. The van der Waals surface area contributed by atoms with Gasteiger partial charge in [-0.15, -0.1) is 0 Å². The van der Waals surface area contributed by atoms with Crippen molar-refractivity contribution < 1.29 is 28.3 Å². The summed E-state index contributed by atoms with van der Waals surface area (Å²) in [4.78, 5) is 36.6. The summed E-state index contributed by atoms with van der Waals surface area (Å²) in [6.45, 7) is 3.08. The maximum Gasteiger partial charge on any atom is 0.255 e. The van der Waals surface area contributed by atoms with Gasteiger partial charge >= 0.3 is 0 Å². The first-order valence-electron chi connectivity index (χ1n) is 12.6. The highest BCUT2D eigenvalue weighted by atomic mass is 35.5. The van der Waals surface area contributed by atoms with E-state index in [0.29, 0.717) is 34.0 Å². The number of fused-ring (bicyclic) bond motifs is 1. The smallest absolute Gasteiger partial charge is 0.255 e. The maximum absolute atomic E-state index is 14.0. The lowest BCUT2D eigenvalue weighted by Gasteiger charge is -2.26. The summed E-state index contributed by atoms with van der Waals surface area (Å²) < 4.78 is 24.1. The van der Waals surface area contributed by atoms with Gasteiger partial charge in [0.25, 0.3) is 5.91 Å². The minimum Gasteiger partial charge on any atom is -0.497 e. The number of rotatable bonds is 9. The number of ether oxygens (including phenoxy) is 1. The fraction of sp³-hybridized carbons (Fsp3) is 0.250. The van der Waals surface area contributed by atoms with Crippen LogP contribution in [0.2, 0.25) is 5.02 Å². The van der Waals surface area contributed by atoms with Crippen LogP contribution in [0.4, 0.5) is 16.2 Å². The number of aromatic nitrogens is 3. The molecule has 1 aliphatic heterocycles. The molecular weight excluding hydrogens is 555 g/mol. The first-order chi connectivity index (χ1) is 19.7. The van der Waals surface area contributed by atoms with Crippen LogP contribution >= 0.6 is 11.6 Å². The zero-order chi connectivity index (χ0) is 29.3. The molecule has 0 saturated heterocycles. The molecule has 3 N–H and O–H groups in total. The van der Waals surface area contributed by atoms with E-state index in [4.69, 9.17) is 20.9 Å². The zero-order valence-corrected chi connectivity index (χ0v) is 23.1. The lowest BCUT2D eigenvalue weighted by Crippen LogP contribution is -2.46. The van der Waals surface area contributed by atoms with Crippen LogP contribution in [-0.2, 0) is 11.3 Å². The molecule has 2 aromatic carbocycles. The fourth-order valence-corrected chi connectivity index (χ4v) is 4.73. The van der Waals surface area contributed by atoms with Crippen molar-refractivity contribution >= 4 is 35.2 Å². The number of halogens is 2. The van der Waals surface area contributed by atoms with E-state index in [1.54, 1.807) is 38.1 Å². The second kappa shape index (κ2) is 11.5. The van der Waals surface area contributed by atoms with Gasteiger partial charge in [0.15, 0.2) is 5.82 Å². The molecule has 1 aliphatic rings. The molecule has 212 valence electrons. The third-order valence-electron chi connectivity index (χ3n) is 6.70. The largest absolute Gasteiger partial charge is 0.497 e. The van der Waals surface area contributed by atoms with E-state index in [9.17, 15) is 19.1 Å². The predicted octanol–water partition coefficient (Wildman–Crippen LogP) is 4.18. The molecule has 2 amide bonds. The van der Waals surface area contributed by atoms with Crippen molar-refractivity contribution in [1.29, 1.82) is 0 Å². The van der Waals surface area contributed by atoms with Crippen molar-refractivity contribution in [2.45, 2.75) is 32.5 Å². The Labute approximate surface area is 239 Å². The van der Waals surface area contributed by atoms with E-state index in [2.05, 4.69) is 25.8 Å². The topological polar surface area (TPSA) is 143 Å². The average molecular weight is 581 g/mol. The monoisotopic (exact) mass is 580 g/mol. The number of carbonyl (C=O) groups excluding carboxylic acids is 2. The van der Waals surface area contributed by atoms with Gasteiger partial charge < -0.3 is 29.9 Å². The predicted molar refractivity (Wildman–Crippen MR) is 147 cm³/mol. The van der Waals surface area contributed by atoms with E-state index in [-0.39, 0.29) is 29.2 Å². The van der Waals surface area contributed by atoms with E-state index in [1.165, 1.54) is 36.4 Å². The number of aryl methyl sites for hydroxylation is 1. The SMILES string of the molecule is COc1cc(F)cc([C@@H](CO)NC(=O)[C@@H](C)N2Cc3ccc(-c4nc(Nc5cc(C)on5)ncc4Cl)cc3C2=O)c1. The van der Waals surface area contributed by atoms with E-state index in [1.807, 2.05) is 0 Å². The Morgan fingerprint density at radius 3 is 2.78 bits per heavy atom. The van der Waals surface area contributed by atoms with Crippen molar-refractivity contribution in [3.63, 3.8) is 0 Å². The van der Waals surface area contributed by atoms with Crippen LogP contribution in [0.3, 0.4) is 0 Å². The Morgan fingerprint density at radius 2 is 2.07 bits per heavy atom. The number of anilines is 2. The third kappa shape index (κ3) is 5.83. The van der Waals surface area contributed by atoms with Crippen molar-refractivity contribution in [2.24, 2.45) is 0 Å². The minimum atomic E-state index is -0.898. The minimum absolute atomic E-state index is 0.205. The molecule has 0 unspecified atom stereocenters. The Balaban J connectivity index is 1.33. The molecule has 0 spiro atoms. The molecule has 0 aliphatic carbocycles. The quantitative estimate of drug-likeness (QED) is 0.266. The number of amides is 2. The fourth-order valence-electron chi connectivity index (χ4n) is 4.52. The lowest BCUT2D eigenvalue weighted by molar-refractivity contribution is -0.126. The molecule has 0 fully saturated rings. The number of aliphatic hydroxyl groups is 1. The summed E-state index contributed by atoms with van der Waals surface area (Å²) in [5.74, 6) is 0.119. The van der Waals surface area contributed by atoms with Crippen molar-refractivity contribution in [2.75, 3.05) is 19.0 Å². The number of methoxy groups -OCH3 is 1. The van der Waals surface area contributed by atoms with Crippen LogP contribution in [0, 0.1) is 12.7 Å². The van der Waals surface area contributed by atoms with Gasteiger partial charge in [-0.05, 0) is 43.2 Å². The van der Waals surface area contributed by atoms with Crippen LogP contribution in [0.1, 0.15) is 40.2 Å². The number of benzene rings is 2. The highest BCUT2D eigenvalue weighted by Crippen LogP contribution is 2.33. The van der Waals surface area contributed by atoms with Gasteiger partial charge in [-0.2, -0.15) is 0 Å². The zero-order valence-electron chi connectivity index (χ0n) is 22.3. The molecule has 3 heterocycles. The molecule has 2 atom stereocenters. The Hall–Kier alpha value is -4.55. The molecule has 13 heteroatoms. The highest BCUT2D eigenvalue weighted by molar-refractivity contribution is 6.33. The summed E-state index contributed by atoms with van der Waals surface area (Å²) >= 11 is 6.40. The van der Waals surface area contributed by atoms with Crippen LogP contribution in [0.5, 0.6) is 5.75 Å². The van der Waals surface area contributed by atoms with E-state index < -0.39 is 30.4 Å². The standard InChI is InChI=1S/C28H26ClFN6O5/c1-14-6-24(35-41-14)33-28-31-11-22(29)25(34-28)16-4-5-17-12-36(27(39)21(17)9-16)15(2)26(38)32-23(13-37)18-7-19(30)10-20(8-18)40-3/h4-11,15,23,37H,12-13H2,1-3H3,(H,32,38)(H,31,33,34,35)/t15-,23-/m1/s1. The molecular formula is C28H26ClFN6O5. The van der Waals surface area contributed by atoms with Crippen molar-refractivity contribution in [3.8, 4) is 17.0 Å². The van der Waals surface area contributed by atoms with Crippen LogP contribution in [0.15, 0.2) is 53.2 Å². The van der Waals surface area contributed by atoms with Crippen LogP contribution in [0.25, 0.3) is 11.3 Å². The summed E-state index contributed by atoms with van der Waals surface area (Å²) in [5, 5.41) is 19.7. The first kappa shape index (κ1) is 28.0. The van der Waals surface area contributed by atoms with Gasteiger partial charge in [0, 0.05) is 29.8 Å². The number of carbonyl (C=O) groups is 2. The van der Waals surface area contributed by atoms with Crippen LogP contribution < -0.4 is 15.4 Å². The summed E-state index contributed by atoms with van der Waals surface area (Å²) in [6.07, 6.45) is 1.44. The molecule has 5 rings (SSSR count). The van der Waals surface area contributed by atoms with E-state index in [0.717, 1.165) is 5.56 Å². The van der Waals surface area contributed by atoms with Gasteiger partial charge in [-0.3, -0.25) is 9.59 Å². The molecule has 0 bridgehead atoms. The second-order valence-corrected chi connectivity index (χ2v) is 9.89. The number of nitrogens with one attached hydrogen (secondary N) is 2. The van der Waals surface area contributed by atoms with E-state index >= 15 is 0 Å². The van der Waals surface area contributed by atoms with Gasteiger partial charge in [-0.25, -0.2) is 14.4 Å². The summed E-state index contributed by atoms with van der Waals surface area (Å²) in [7, 11) is 1.39. The molecule has 11 nitrogen and oxygen atoms in total. The molecule has 41 heavy (non-hydrogen) atoms. The number of hydrogen-bond donors (Lipinski definition) is 3. The highest BCUT2D eigenvalue weighted by Gasteiger charge is 2.35. The first-order valence-corrected chi connectivity index (χ1v) is 13.0. The van der Waals surface area contributed by atoms with Crippen molar-refractivity contribution in [1.82, 2.24) is 25.3 Å². The Kier molecular flexibility index (Phi) is 7.86. The number of nitrogens with zero attached hydrogens (tertiary/aromatic N) is 4. The number of aliphatic hydroxyl groups excluding tert-OH is 1. The summed E-state index contributed by atoms with van der Waals surface area (Å²) in [6, 6.07) is 9.09. The van der Waals surface area contributed by atoms with Gasteiger partial charge in [0.1, 0.15) is 23.4 Å². The van der Waals surface area contributed by atoms with Gasteiger partial charge in [-0.1, -0.05) is 28.9 Å². The molecule has 4 aromatic rings. The second-order valence-electron chi connectivity index (χ2n) is 9.49. The van der Waals surface area contributed by atoms with Gasteiger partial charge in [0.2, 0.25) is 11.9 Å². The third-order valence-corrected chi connectivity index (χ3v) is 6.98. The Morgan fingerprint density at radius 1 is 1.27 bits per heavy atom. The molecule has 0 radical (unpaired) electrons. The Bertz CT molecular complexity index is 1630. The maximum atomic E-state index is 14.0. The van der Waals surface area contributed by atoms with Gasteiger partial charge in [0.05, 0.1) is 36.7 Å². The van der Waals surface area contributed by atoms with Crippen LogP contribution in [-0.4, -0.2) is 56.7 Å². The number of hydrogen-bond acceptors (Lipinski definition) is 9. The molecule has 2 aromatic heterocycles. The lowest BCUT2D eigenvalue weighted by atomic mass is 10.0.